The van der Waals surface area contributed by atoms with E-state index in [1.54, 1.807) is 0 Å². The largest absolute Gasteiger partial charge is 0.385 e. The van der Waals surface area contributed by atoms with Crippen LogP contribution >= 0.6 is 24.0 Å². The van der Waals surface area contributed by atoms with Gasteiger partial charge in [0.1, 0.15) is 0 Å². The Kier molecular flexibility index (Phi) is 7.83. The first kappa shape index (κ1) is 23.5. The van der Waals surface area contributed by atoms with Gasteiger partial charge in [-0.1, -0.05) is 36.6 Å². The topological polar surface area (TPSA) is 60.9 Å². The minimum Gasteiger partial charge on any atom is -0.385 e. The number of aliphatic hydroxyl groups is 1. The molecule has 30 heavy (non-hydrogen) atoms. The van der Waals surface area contributed by atoms with Crippen LogP contribution in [0.5, 0.6) is 0 Å². The Bertz CT molecular complexity index is 723. The van der Waals surface area contributed by atoms with Crippen LogP contribution in [0.1, 0.15) is 56.9 Å². The fourth-order valence-corrected chi connectivity index (χ4v) is 5.38. The highest BCUT2D eigenvalue weighted by atomic mass is 35.5. The third-order valence-electron chi connectivity index (χ3n) is 7.10. The predicted molar refractivity (Wildman–Crippen MR) is 120 cm³/mol. The minimum absolute atomic E-state index is 0. The molecule has 2 unspecified atom stereocenters. The molecular weight excluding hydrogens is 423 g/mol. The zero-order valence-corrected chi connectivity index (χ0v) is 19.0. The van der Waals surface area contributed by atoms with Crippen molar-refractivity contribution in [3.05, 3.63) is 34.9 Å². The average molecular weight is 455 g/mol. The van der Waals surface area contributed by atoms with Gasteiger partial charge in [0.05, 0.1) is 17.4 Å². The van der Waals surface area contributed by atoms with Crippen molar-refractivity contribution in [1.29, 1.82) is 0 Å². The zero-order chi connectivity index (χ0) is 20.4. The van der Waals surface area contributed by atoms with Crippen LogP contribution in [-0.2, 0) is 15.2 Å². The zero-order valence-electron chi connectivity index (χ0n) is 17.4. The lowest BCUT2D eigenvalue weighted by Gasteiger charge is -2.38. The van der Waals surface area contributed by atoms with E-state index in [4.69, 9.17) is 11.6 Å². The van der Waals surface area contributed by atoms with Gasteiger partial charge in [-0.15, -0.1) is 12.4 Å². The van der Waals surface area contributed by atoms with E-state index in [1.807, 2.05) is 24.3 Å². The monoisotopic (exact) mass is 454 g/mol. The summed E-state index contributed by atoms with van der Waals surface area (Å²) in [4.78, 5) is 29.0. The number of imide groups is 1. The molecule has 7 heteroatoms. The highest BCUT2D eigenvalue weighted by Gasteiger charge is 2.47. The SMILES string of the molecule is Cl.O=C1C2CCCCC2C(=O)N1CCCCN1CCC(O)(c2ccc(Cl)cc2)CC1. The molecule has 2 saturated heterocycles. The first-order valence-corrected chi connectivity index (χ1v) is 11.4. The number of hydrogen-bond donors (Lipinski definition) is 1. The van der Waals surface area contributed by atoms with Crippen molar-refractivity contribution >= 4 is 35.8 Å². The number of unbranched alkanes of at least 4 members (excludes halogenated alkanes) is 1. The Morgan fingerprint density at radius 1 is 0.933 bits per heavy atom. The van der Waals surface area contributed by atoms with Crippen LogP contribution < -0.4 is 0 Å². The van der Waals surface area contributed by atoms with Crippen LogP contribution in [0, 0.1) is 11.8 Å². The van der Waals surface area contributed by atoms with Gasteiger partial charge < -0.3 is 10.0 Å². The molecule has 2 amide bonds. The second-order valence-corrected chi connectivity index (χ2v) is 9.35. The summed E-state index contributed by atoms with van der Waals surface area (Å²) in [6.07, 6.45) is 7.16. The Morgan fingerprint density at radius 2 is 1.47 bits per heavy atom. The van der Waals surface area contributed by atoms with E-state index in [2.05, 4.69) is 4.90 Å². The average Bonchev–Trinajstić information content (AvgIpc) is 2.98. The standard InChI is InChI=1S/C23H31ClN2O3.ClH/c24-18-9-7-17(8-10-18)23(29)11-15-25(16-12-23)13-3-4-14-26-21(27)19-5-1-2-6-20(19)22(26)28;/h7-10,19-20,29H,1-6,11-16H2;1H. The molecule has 2 aliphatic heterocycles. The summed E-state index contributed by atoms with van der Waals surface area (Å²) in [6.45, 7) is 3.21. The Hall–Kier alpha value is -1.14. The van der Waals surface area contributed by atoms with Crippen molar-refractivity contribution < 1.29 is 14.7 Å². The normalized spacial score (nSPS) is 26.4. The van der Waals surface area contributed by atoms with Crippen LogP contribution in [-0.4, -0.2) is 52.9 Å². The van der Waals surface area contributed by atoms with Crippen LogP contribution in [0.4, 0.5) is 0 Å². The number of hydrogen-bond acceptors (Lipinski definition) is 4. The van der Waals surface area contributed by atoms with Crippen molar-refractivity contribution in [1.82, 2.24) is 9.80 Å². The first-order chi connectivity index (χ1) is 14.0. The predicted octanol–water partition coefficient (Wildman–Crippen LogP) is 4.00. The summed E-state index contributed by atoms with van der Waals surface area (Å²) >= 11 is 5.96. The van der Waals surface area contributed by atoms with Crippen LogP contribution in [0.2, 0.25) is 5.02 Å². The van der Waals surface area contributed by atoms with Crippen LogP contribution in [0.3, 0.4) is 0 Å². The number of fused-ring (bicyclic) bond motifs is 1. The maximum absolute atomic E-state index is 12.5. The molecule has 1 saturated carbocycles. The lowest BCUT2D eigenvalue weighted by atomic mass is 9.81. The Morgan fingerprint density at radius 3 is 2.03 bits per heavy atom. The van der Waals surface area contributed by atoms with Gasteiger partial charge in [0.25, 0.3) is 0 Å². The van der Waals surface area contributed by atoms with Crippen molar-refractivity contribution in [3.63, 3.8) is 0 Å². The summed E-state index contributed by atoms with van der Waals surface area (Å²) in [7, 11) is 0. The first-order valence-electron chi connectivity index (χ1n) is 11.0. The number of carbonyl (C=O) groups excluding carboxylic acids is 2. The van der Waals surface area contributed by atoms with Gasteiger partial charge in [0.2, 0.25) is 11.8 Å². The number of benzene rings is 1. The molecule has 1 aromatic carbocycles. The lowest BCUT2D eigenvalue weighted by molar-refractivity contribution is -0.140. The van der Waals surface area contributed by atoms with Gasteiger partial charge in [-0.2, -0.15) is 0 Å². The number of nitrogens with zero attached hydrogens (tertiary/aromatic N) is 2. The molecular formula is C23H32Cl2N2O3. The highest BCUT2D eigenvalue weighted by molar-refractivity contribution is 6.30. The molecule has 166 valence electrons. The molecule has 0 bridgehead atoms. The second kappa shape index (κ2) is 9.99. The summed E-state index contributed by atoms with van der Waals surface area (Å²) in [5.74, 6) is 0.0733. The molecule has 0 aromatic heterocycles. The maximum atomic E-state index is 12.5. The van der Waals surface area contributed by atoms with Gasteiger partial charge in [-0.05, 0) is 62.8 Å². The lowest BCUT2D eigenvalue weighted by Crippen LogP contribution is -2.43. The third-order valence-corrected chi connectivity index (χ3v) is 7.36. The summed E-state index contributed by atoms with van der Waals surface area (Å²) in [6, 6.07) is 7.50. The maximum Gasteiger partial charge on any atom is 0.233 e. The molecule has 1 aliphatic carbocycles. The number of likely N-dealkylation sites (tertiary alicyclic amines) is 2. The van der Waals surface area contributed by atoms with Gasteiger partial charge in [-0.25, -0.2) is 0 Å². The Balaban J connectivity index is 0.00000256. The third kappa shape index (κ3) is 4.85. The van der Waals surface area contributed by atoms with E-state index in [0.717, 1.165) is 63.7 Å². The Labute approximate surface area is 190 Å². The van der Waals surface area contributed by atoms with E-state index in [9.17, 15) is 14.7 Å². The molecule has 5 nitrogen and oxygen atoms in total. The van der Waals surface area contributed by atoms with Gasteiger partial charge >= 0.3 is 0 Å². The van der Waals surface area contributed by atoms with E-state index in [0.29, 0.717) is 24.4 Å². The van der Waals surface area contributed by atoms with E-state index in [-0.39, 0.29) is 36.1 Å². The van der Waals surface area contributed by atoms with Gasteiger partial charge in [0, 0.05) is 24.7 Å². The quantitative estimate of drug-likeness (QED) is 0.521. The highest BCUT2D eigenvalue weighted by Crippen LogP contribution is 2.38. The molecule has 1 aromatic rings. The van der Waals surface area contributed by atoms with Gasteiger partial charge in [-0.3, -0.25) is 14.5 Å². The molecule has 3 fully saturated rings. The number of halogens is 2. The van der Waals surface area contributed by atoms with E-state index < -0.39 is 5.60 Å². The molecule has 1 N–H and O–H groups in total. The molecule has 2 heterocycles. The summed E-state index contributed by atoms with van der Waals surface area (Å²) < 4.78 is 0. The van der Waals surface area contributed by atoms with Crippen molar-refractivity contribution in [2.75, 3.05) is 26.2 Å². The molecule has 3 aliphatic rings. The minimum atomic E-state index is -0.772. The number of amides is 2. The number of rotatable bonds is 6. The van der Waals surface area contributed by atoms with E-state index in [1.165, 1.54) is 4.90 Å². The fourth-order valence-electron chi connectivity index (χ4n) is 5.25. The second-order valence-electron chi connectivity index (χ2n) is 8.91. The van der Waals surface area contributed by atoms with Crippen LogP contribution in [0.15, 0.2) is 24.3 Å². The number of piperidine rings is 1. The van der Waals surface area contributed by atoms with Crippen LogP contribution in [0.25, 0.3) is 0 Å². The molecule has 4 rings (SSSR count). The molecule has 0 radical (unpaired) electrons. The number of carbonyl (C=O) groups is 2. The summed E-state index contributed by atoms with van der Waals surface area (Å²) in [5.41, 5.74) is 0.167. The van der Waals surface area contributed by atoms with Crippen molar-refractivity contribution in [2.24, 2.45) is 11.8 Å². The fraction of sp³-hybridized carbons (Fsp3) is 0.652. The van der Waals surface area contributed by atoms with Gasteiger partial charge in [0.15, 0.2) is 0 Å². The molecule has 2 atom stereocenters. The summed E-state index contributed by atoms with van der Waals surface area (Å²) in [5, 5.41) is 11.7. The van der Waals surface area contributed by atoms with E-state index >= 15 is 0 Å². The molecule has 0 spiro atoms. The van der Waals surface area contributed by atoms with Crippen molar-refractivity contribution in [3.8, 4) is 0 Å². The smallest absolute Gasteiger partial charge is 0.233 e. The van der Waals surface area contributed by atoms with Crippen molar-refractivity contribution in [2.45, 2.75) is 57.0 Å².